The molecule has 0 saturated heterocycles. The Balaban J connectivity index is 1.60. The summed E-state index contributed by atoms with van der Waals surface area (Å²) in [6.45, 7) is 4.48. The number of aliphatic imine (C=N–C) groups is 1. The third-order valence-corrected chi connectivity index (χ3v) is 3.91. The van der Waals surface area contributed by atoms with Crippen molar-refractivity contribution < 1.29 is 9.47 Å². The van der Waals surface area contributed by atoms with Crippen LogP contribution in [0.4, 0.5) is 11.4 Å². The van der Waals surface area contributed by atoms with E-state index in [0.29, 0.717) is 6.73 Å². The summed E-state index contributed by atoms with van der Waals surface area (Å²) in [5.41, 5.74) is 4.07. The van der Waals surface area contributed by atoms with Crippen LogP contribution in [0.25, 0.3) is 0 Å². The first-order valence-corrected chi connectivity index (χ1v) is 8.49. The van der Waals surface area contributed by atoms with E-state index >= 15 is 0 Å². The van der Waals surface area contributed by atoms with E-state index < -0.39 is 0 Å². The Morgan fingerprint density at radius 1 is 0.846 bits per heavy atom. The van der Waals surface area contributed by atoms with Gasteiger partial charge in [-0.2, -0.15) is 0 Å². The van der Waals surface area contributed by atoms with Gasteiger partial charge in [-0.1, -0.05) is 36.4 Å². The monoisotopic (exact) mass is 346 g/mol. The Labute approximate surface area is 154 Å². The van der Waals surface area contributed by atoms with Crippen molar-refractivity contribution in [3.63, 3.8) is 0 Å². The molecular weight excluding hydrogens is 324 g/mol. The molecule has 0 saturated carbocycles. The molecule has 3 aromatic rings. The quantitative estimate of drug-likeness (QED) is 0.349. The van der Waals surface area contributed by atoms with Crippen molar-refractivity contribution in [3.05, 3.63) is 83.9 Å². The molecule has 4 nitrogen and oxygen atoms in total. The van der Waals surface area contributed by atoms with Crippen LogP contribution < -0.4 is 14.8 Å². The molecule has 132 valence electrons. The molecule has 3 aromatic carbocycles. The van der Waals surface area contributed by atoms with Gasteiger partial charge in [0, 0.05) is 5.69 Å². The van der Waals surface area contributed by atoms with Crippen LogP contribution in [0.5, 0.6) is 11.5 Å². The van der Waals surface area contributed by atoms with E-state index in [9.17, 15) is 0 Å². The predicted octanol–water partition coefficient (Wildman–Crippen LogP) is 5.49. The third kappa shape index (κ3) is 4.86. The smallest absolute Gasteiger partial charge is 0.181 e. The molecule has 0 heterocycles. The lowest BCUT2D eigenvalue weighted by Crippen LogP contribution is -2.09. The maximum atomic E-state index is 5.69. The molecule has 0 atom stereocenters. The average Bonchev–Trinajstić information content (AvgIpc) is 2.67. The van der Waals surface area contributed by atoms with Gasteiger partial charge in [0.15, 0.2) is 13.1 Å². The van der Waals surface area contributed by atoms with E-state index in [0.717, 1.165) is 34.0 Å². The normalized spacial score (nSPS) is 10.7. The van der Waals surface area contributed by atoms with E-state index in [2.05, 4.69) is 16.4 Å². The van der Waals surface area contributed by atoms with Crippen molar-refractivity contribution in [2.75, 3.05) is 12.0 Å². The fourth-order valence-electron chi connectivity index (χ4n) is 2.49. The molecule has 3 rings (SSSR count). The van der Waals surface area contributed by atoms with Gasteiger partial charge in [-0.05, 0) is 61.4 Å². The van der Waals surface area contributed by atoms with Crippen molar-refractivity contribution in [2.24, 2.45) is 4.99 Å². The Hall–Kier alpha value is -3.27. The molecule has 0 spiro atoms. The number of hydrogen-bond donors (Lipinski definition) is 1. The highest BCUT2D eigenvalue weighted by Crippen LogP contribution is 2.26. The zero-order valence-corrected chi connectivity index (χ0v) is 15.0. The topological polar surface area (TPSA) is 42.8 Å². The molecule has 0 unspecified atom stereocenters. The van der Waals surface area contributed by atoms with E-state index in [1.165, 1.54) is 6.40 Å². The van der Waals surface area contributed by atoms with Gasteiger partial charge in [0.05, 0.1) is 5.69 Å². The van der Waals surface area contributed by atoms with E-state index in [4.69, 9.17) is 9.47 Å². The second kappa shape index (κ2) is 8.72. The number of para-hydroxylation sites is 2. The van der Waals surface area contributed by atoms with Crippen LogP contribution in [-0.4, -0.2) is 13.1 Å². The van der Waals surface area contributed by atoms with Gasteiger partial charge in [0.1, 0.15) is 11.5 Å². The van der Waals surface area contributed by atoms with Gasteiger partial charge < -0.3 is 14.8 Å². The number of anilines is 1. The summed E-state index contributed by atoms with van der Waals surface area (Å²) in [5, 5.41) is 3.31. The summed E-state index contributed by atoms with van der Waals surface area (Å²) in [5.74, 6) is 1.61. The lowest BCUT2D eigenvalue weighted by molar-refractivity contribution is 0.347. The Morgan fingerprint density at radius 3 is 2.19 bits per heavy atom. The summed E-state index contributed by atoms with van der Waals surface area (Å²) in [6, 6.07) is 23.4. The fraction of sp³-hybridized carbons (Fsp3) is 0.136. The first-order valence-electron chi connectivity index (χ1n) is 8.49. The zero-order valence-electron chi connectivity index (χ0n) is 15.0. The minimum absolute atomic E-state index is 0.407. The van der Waals surface area contributed by atoms with Crippen LogP contribution in [0.2, 0.25) is 0 Å². The molecule has 0 aliphatic heterocycles. The van der Waals surface area contributed by atoms with E-state index in [1.54, 1.807) is 0 Å². The molecule has 0 radical (unpaired) electrons. The van der Waals surface area contributed by atoms with Crippen molar-refractivity contribution in [1.29, 1.82) is 0 Å². The molecule has 0 bridgehead atoms. The van der Waals surface area contributed by atoms with Crippen molar-refractivity contribution in [1.82, 2.24) is 0 Å². The molecule has 0 aliphatic carbocycles. The van der Waals surface area contributed by atoms with Gasteiger partial charge in [-0.3, -0.25) is 0 Å². The minimum atomic E-state index is 0.407. The van der Waals surface area contributed by atoms with Crippen molar-refractivity contribution in [3.8, 4) is 11.5 Å². The number of hydrogen-bond acceptors (Lipinski definition) is 4. The molecular formula is C22H22N2O2. The standard InChI is InChI=1S/C22H22N2O2/c1-17-13-22(24-16-26-20-11-7-4-8-12-20)18(2)14-21(17)23-15-25-19-9-5-3-6-10-19/h3-15,24H,16H2,1-2H3/b23-15+. The summed E-state index contributed by atoms with van der Waals surface area (Å²) < 4.78 is 11.2. The maximum Gasteiger partial charge on any atom is 0.181 e. The fourth-order valence-corrected chi connectivity index (χ4v) is 2.49. The molecule has 0 aliphatic rings. The summed E-state index contributed by atoms with van der Waals surface area (Å²) in [7, 11) is 0. The van der Waals surface area contributed by atoms with Crippen LogP contribution >= 0.6 is 0 Å². The number of ether oxygens (including phenoxy) is 2. The first kappa shape index (κ1) is 17.5. The molecule has 26 heavy (non-hydrogen) atoms. The second-order valence-corrected chi connectivity index (χ2v) is 5.90. The van der Waals surface area contributed by atoms with Crippen molar-refractivity contribution >= 4 is 17.8 Å². The molecule has 0 amide bonds. The molecule has 0 fully saturated rings. The first-order chi connectivity index (χ1) is 12.7. The SMILES string of the molecule is Cc1cc(NCOc2ccccc2)c(C)cc1/N=C/Oc1ccccc1. The van der Waals surface area contributed by atoms with Gasteiger partial charge in [0.25, 0.3) is 0 Å². The summed E-state index contributed by atoms with van der Waals surface area (Å²) in [4.78, 5) is 4.42. The highest BCUT2D eigenvalue weighted by molar-refractivity contribution is 5.66. The van der Waals surface area contributed by atoms with Crippen LogP contribution in [-0.2, 0) is 0 Å². The van der Waals surface area contributed by atoms with Crippen LogP contribution in [0.1, 0.15) is 11.1 Å². The van der Waals surface area contributed by atoms with E-state index in [-0.39, 0.29) is 0 Å². The number of rotatable bonds is 7. The second-order valence-electron chi connectivity index (χ2n) is 5.90. The van der Waals surface area contributed by atoms with Crippen molar-refractivity contribution in [2.45, 2.75) is 13.8 Å². The number of benzene rings is 3. The highest BCUT2D eigenvalue weighted by atomic mass is 16.5. The minimum Gasteiger partial charge on any atom is -0.473 e. The van der Waals surface area contributed by atoms with E-state index in [1.807, 2.05) is 80.6 Å². The third-order valence-electron chi connectivity index (χ3n) is 3.91. The lowest BCUT2D eigenvalue weighted by Gasteiger charge is -2.13. The predicted molar refractivity (Wildman–Crippen MR) is 107 cm³/mol. The summed E-state index contributed by atoms with van der Waals surface area (Å²) in [6.07, 6.45) is 1.47. The lowest BCUT2D eigenvalue weighted by atomic mass is 10.1. The Bertz CT molecular complexity index is 862. The number of aryl methyl sites for hydroxylation is 2. The highest BCUT2D eigenvalue weighted by Gasteiger charge is 2.04. The Morgan fingerprint density at radius 2 is 1.50 bits per heavy atom. The van der Waals surface area contributed by atoms with Crippen LogP contribution in [0, 0.1) is 13.8 Å². The number of nitrogens with zero attached hydrogens (tertiary/aromatic N) is 1. The Kier molecular flexibility index (Phi) is 5.88. The van der Waals surface area contributed by atoms with Gasteiger partial charge in [0.2, 0.25) is 0 Å². The molecule has 4 heteroatoms. The molecule has 0 aromatic heterocycles. The van der Waals surface area contributed by atoms with Crippen LogP contribution in [0.15, 0.2) is 77.8 Å². The van der Waals surface area contributed by atoms with Crippen LogP contribution in [0.3, 0.4) is 0 Å². The molecule has 1 N–H and O–H groups in total. The van der Waals surface area contributed by atoms with Gasteiger partial charge in [-0.25, -0.2) is 4.99 Å². The van der Waals surface area contributed by atoms with Gasteiger partial charge >= 0.3 is 0 Å². The van der Waals surface area contributed by atoms with Gasteiger partial charge in [-0.15, -0.1) is 0 Å². The summed E-state index contributed by atoms with van der Waals surface area (Å²) >= 11 is 0. The average molecular weight is 346 g/mol. The zero-order chi connectivity index (χ0) is 18.2. The largest absolute Gasteiger partial charge is 0.473 e. The maximum absolute atomic E-state index is 5.69. The number of nitrogens with one attached hydrogen (secondary N) is 1.